The normalized spacial score (nSPS) is 19.5. The third-order valence-electron chi connectivity index (χ3n) is 3.79. The summed E-state index contributed by atoms with van der Waals surface area (Å²) < 4.78 is 0. The number of primary amides is 1. The van der Waals surface area contributed by atoms with Crippen LogP contribution in [0.15, 0.2) is 28.8 Å². The van der Waals surface area contributed by atoms with E-state index in [-0.39, 0.29) is 11.3 Å². The van der Waals surface area contributed by atoms with Gasteiger partial charge in [-0.1, -0.05) is 29.3 Å². The molecule has 0 aliphatic carbocycles. The lowest BCUT2D eigenvalue weighted by Crippen LogP contribution is -2.48. The minimum absolute atomic E-state index is 0.106. The van der Waals surface area contributed by atoms with Crippen molar-refractivity contribution in [2.45, 2.75) is 25.5 Å². The van der Waals surface area contributed by atoms with Crippen LogP contribution in [0, 0.1) is 0 Å². The number of nitrogens with one attached hydrogen (secondary N) is 1. The Labute approximate surface area is 150 Å². The molecule has 0 fully saturated rings. The summed E-state index contributed by atoms with van der Waals surface area (Å²) in [6.45, 7) is 4.13. The molecule has 1 aliphatic heterocycles. The van der Waals surface area contributed by atoms with Gasteiger partial charge in [0.25, 0.3) is 5.91 Å². The maximum absolute atomic E-state index is 12.0. The van der Waals surface area contributed by atoms with E-state index in [1.54, 1.807) is 32.0 Å². The minimum atomic E-state index is -1.04. The van der Waals surface area contributed by atoms with Crippen LogP contribution in [-0.4, -0.2) is 41.5 Å². The Morgan fingerprint density at radius 1 is 1.33 bits per heavy atom. The van der Waals surface area contributed by atoms with E-state index < -0.39 is 17.6 Å². The van der Waals surface area contributed by atoms with Gasteiger partial charge in [-0.15, -0.1) is 0 Å². The lowest BCUT2D eigenvalue weighted by molar-refractivity contribution is -0.114. The van der Waals surface area contributed by atoms with Crippen molar-refractivity contribution in [3.63, 3.8) is 0 Å². The molecule has 0 spiro atoms. The Hall–Kier alpha value is -1.60. The molecule has 0 saturated carbocycles. The summed E-state index contributed by atoms with van der Waals surface area (Å²) in [4.78, 5) is 16.4. The van der Waals surface area contributed by atoms with Crippen molar-refractivity contribution in [2.75, 3.05) is 13.1 Å². The van der Waals surface area contributed by atoms with Crippen molar-refractivity contribution >= 4 is 40.5 Å². The highest BCUT2D eigenvalue weighted by Gasteiger charge is 2.31. The van der Waals surface area contributed by atoms with Crippen LogP contribution < -0.4 is 16.8 Å². The predicted molar refractivity (Wildman–Crippen MR) is 97.2 cm³/mol. The number of hydrogen-bond donors (Lipinski definition) is 4. The largest absolute Gasteiger partial charge is 0.398 e. The van der Waals surface area contributed by atoms with Crippen molar-refractivity contribution in [1.82, 2.24) is 5.32 Å². The van der Waals surface area contributed by atoms with Crippen molar-refractivity contribution in [3.8, 4) is 0 Å². The second-order valence-electron chi connectivity index (χ2n) is 6.16. The summed E-state index contributed by atoms with van der Waals surface area (Å²) in [6, 6.07) is 4.38. The monoisotopic (exact) mass is 370 g/mol. The van der Waals surface area contributed by atoms with Crippen LogP contribution in [0.25, 0.3) is 5.70 Å². The highest BCUT2D eigenvalue weighted by Crippen LogP contribution is 2.26. The van der Waals surface area contributed by atoms with Crippen LogP contribution >= 0.6 is 23.2 Å². The highest BCUT2D eigenvalue weighted by atomic mass is 35.5. The molecule has 8 heteroatoms. The molecule has 6 N–H and O–H groups in total. The van der Waals surface area contributed by atoms with E-state index in [1.165, 1.54) is 0 Å². The lowest BCUT2D eigenvalue weighted by atomic mass is 9.95. The molecule has 0 bridgehead atoms. The maximum Gasteiger partial charge on any atom is 0.252 e. The molecule has 0 radical (unpaired) electrons. The fraction of sp³-hybridized carbons (Fsp3) is 0.375. The number of nitrogens with zero attached hydrogens (tertiary/aromatic N) is 1. The molecule has 24 heavy (non-hydrogen) atoms. The molecule has 1 aromatic carbocycles. The molecular weight excluding hydrogens is 351 g/mol. The molecule has 1 amide bonds. The Kier molecular flexibility index (Phi) is 5.55. The van der Waals surface area contributed by atoms with Crippen LogP contribution in [-0.2, 0) is 4.79 Å². The van der Waals surface area contributed by atoms with Gasteiger partial charge in [-0.05, 0) is 31.5 Å². The van der Waals surface area contributed by atoms with Crippen LogP contribution in [0.3, 0.4) is 0 Å². The van der Waals surface area contributed by atoms with Gasteiger partial charge in [0.05, 0.1) is 38.7 Å². The molecule has 6 nitrogen and oxygen atoms in total. The average molecular weight is 371 g/mol. The Morgan fingerprint density at radius 2 is 2.00 bits per heavy atom. The topological polar surface area (TPSA) is 114 Å². The van der Waals surface area contributed by atoms with E-state index in [9.17, 15) is 9.90 Å². The number of aliphatic hydroxyl groups is 1. The van der Waals surface area contributed by atoms with Crippen LogP contribution in [0.4, 0.5) is 0 Å². The average Bonchev–Trinajstić information content (AvgIpc) is 2.49. The standard InChI is InChI=1S/C16H20Cl2N4O2/c1-16(2,24)12-7-21-6-11(22-12)13(15(20)23)14(19)8-3-4-9(17)10(18)5-8/h3-5,12,21,24H,6-7,19H2,1-2H3,(H2,20,23). The van der Waals surface area contributed by atoms with Gasteiger partial charge >= 0.3 is 0 Å². The van der Waals surface area contributed by atoms with E-state index in [0.29, 0.717) is 34.4 Å². The summed E-state index contributed by atoms with van der Waals surface area (Å²) in [7, 11) is 0. The molecule has 1 aliphatic rings. The summed E-state index contributed by atoms with van der Waals surface area (Å²) in [5, 5.41) is 14.0. The zero-order chi connectivity index (χ0) is 18.1. The molecule has 2 rings (SSSR count). The number of amides is 1. The van der Waals surface area contributed by atoms with E-state index in [4.69, 9.17) is 34.7 Å². The van der Waals surface area contributed by atoms with Crippen molar-refractivity contribution < 1.29 is 9.90 Å². The van der Waals surface area contributed by atoms with Gasteiger partial charge < -0.3 is 21.9 Å². The van der Waals surface area contributed by atoms with Crippen molar-refractivity contribution in [3.05, 3.63) is 39.4 Å². The Bertz CT molecular complexity index is 723. The number of nitrogens with two attached hydrogens (primary N) is 2. The zero-order valence-electron chi connectivity index (χ0n) is 13.4. The number of benzene rings is 1. The second kappa shape index (κ2) is 7.11. The number of aliphatic imine (C=N–C) groups is 1. The molecule has 1 atom stereocenters. The fourth-order valence-electron chi connectivity index (χ4n) is 2.41. The van der Waals surface area contributed by atoms with Gasteiger partial charge in [-0.25, -0.2) is 0 Å². The number of carbonyl (C=O) groups excluding carboxylic acids is 1. The van der Waals surface area contributed by atoms with Gasteiger partial charge in [0.15, 0.2) is 0 Å². The summed E-state index contributed by atoms with van der Waals surface area (Å²) in [6.07, 6.45) is 0. The molecular formula is C16H20Cl2N4O2. The van der Waals surface area contributed by atoms with Crippen LogP contribution in [0.2, 0.25) is 10.0 Å². The number of rotatable bonds is 4. The first-order valence-corrected chi connectivity index (χ1v) is 8.12. The minimum Gasteiger partial charge on any atom is -0.398 e. The molecule has 1 heterocycles. The fourth-order valence-corrected chi connectivity index (χ4v) is 2.70. The van der Waals surface area contributed by atoms with E-state index >= 15 is 0 Å². The Morgan fingerprint density at radius 3 is 2.54 bits per heavy atom. The molecule has 1 aromatic rings. The van der Waals surface area contributed by atoms with E-state index in [0.717, 1.165) is 0 Å². The van der Waals surface area contributed by atoms with Crippen LogP contribution in [0.1, 0.15) is 19.4 Å². The maximum atomic E-state index is 12.0. The van der Waals surface area contributed by atoms with E-state index in [1.807, 2.05) is 0 Å². The highest BCUT2D eigenvalue weighted by molar-refractivity contribution is 6.42. The predicted octanol–water partition coefficient (Wildman–Crippen LogP) is 1.33. The molecule has 130 valence electrons. The molecule has 1 unspecified atom stereocenters. The summed E-state index contributed by atoms with van der Waals surface area (Å²) in [5.74, 6) is -0.699. The third-order valence-corrected chi connectivity index (χ3v) is 4.53. The van der Waals surface area contributed by atoms with Gasteiger partial charge in [-0.2, -0.15) is 0 Å². The van der Waals surface area contributed by atoms with Crippen molar-refractivity contribution in [1.29, 1.82) is 0 Å². The second-order valence-corrected chi connectivity index (χ2v) is 6.97. The Balaban J connectivity index is 2.53. The number of halogens is 2. The smallest absolute Gasteiger partial charge is 0.252 e. The first-order valence-electron chi connectivity index (χ1n) is 7.36. The van der Waals surface area contributed by atoms with Gasteiger partial charge in [0.2, 0.25) is 0 Å². The van der Waals surface area contributed by atoms with Gasteiger partial charge in [0, 0.05) is 13.1 Å². The summed E-state index contributed by atoms with van der Waals surface area (Å²) in [5.41, 5.74) is 11.8. The van der Waals surface area contributed by atoms with Crippen LogP contribution in [0.5, 0.6) is 0 Å². The molecule has 0 aromatic heterocycles. The quantitative estimate of drug-likeness (QED) is 0.598. The number of carbonyl (C=O) groups is 1. The van der Waals surface area contributed by atoms with Gasteiger partial charge in [-0.3, -0.25) is 9.79 Å². The zero-order valence-corrected chi connectivity index (χ0v) is 14.9. The van der Waals surface area contributed by atoms with Gasteiger partial charge in [0.1, 0.15) is 0 Å². The van der Waals surface area contributed by atoms with Crippen molar-refractivity contribution in [2.24, 2.45) is 16.5 Å². The first kappa shape index (κ1) is 18.7. The van der Waals surface area contributed by atoms with E-state index in [2.05, 4.69) is 10.3 Å². The summed E-state index contributed by atoms with van der Waals surface area (Å²) >= 11 is 11.9. The number of hydrogen-bond acceptors (Lipinski definition) is 5. The lowest BCUT2D eigenvalue weighted by Gasteiger charge is -2.31. The first-order chi connectivity index (χ1) is 11.1. The SMILES string of the molecule is CC(C)(O)C1CNCC(C(C(N)=O)=C(N)c2ccc(Cl)c(Cl)c2)=N1. The third kappa shape index (κ3) is 4.08. The molecule has 0 saturated heterocycles.